The summed E-state index contributed by atoms with van der Waals surface area (Å²) in [4.78, 5) is 24.8. The number of amides is 2. The fourth-order valence-corrected chi connectivity index (χ4v) is 5.47. The summed E-state index contributed by atoms with van der Waals surface area (Å²) in [5, 5.41) is 5.43. The highest BCUT2D eigenvalue weighted by molar-refractivity contribution is 7.92. The summed E-state index contributed by atoms with van der Waals surface area (Å²) in [6.45, 7) is 0.654. The molecule has 0 saturated carbocycles. The van der Waals surface area contributed by atoms with E-state index in [1.165, 1.54) is 35.7 Å². The zero-order chi connectivity index (χ0) is 24.8. The molecule has 1 unspecified atom stereocenters. The van der Waals surface area contributed by atoms with Crippen molar-refractivity contribution in [1.82, 2.24) is 10.6 Å². The Balaban J connectivity index is 1.69. The van der Waals surface area contributed by atoms with Gasteiger partial charge in [0.1, 0.15) is 11.8 Å². The number of hydrogen-bond acceptors (Lipinski definition) is 5. The molecule has 2 amide bonds. The number of nitrogens with zero attached hydrogens (tertiary/aromatic N) is 1. The summed E-state index contributed by atoms with van der Waals surface area (Å²) in [5.41, 5.74) is 1.33. The van der Waals surface area contributed by atoms with Gasteiger partial charge in [-0.25, -0.2) is 8.42 Å². The Morgan fingerprint density at radius 2 is 1.80 bits per heavy atom. The minimum Gasteiger partial charge on any atom is -0.495 e. The normalized spacial score (nSPS) is 15.7. The van der Waals surface area contributed by atoms with Crippen molar-refractivity contribution in [3.8, 4) is 5.75 Å². The van der Waals surface area contributed by atoms with Crippen molar-refractivity contribution in [2.24, 2.45) is 0 Å². The predicted molar refractivity (Wildman–Crippen MR) is 133 cm³/mol. The lowest BCUT2D eigenvalue weighted by molar-refractivity contribution is -0.124. The van der Waals surface area contributed by atoms with E-state index >= 15 is 0 Å². The number of benzene rings is 3. The van der Waals surface area contributed by atoms with Crippen LogP contribution in [0.2, 0.25) is 0 Å². The highest BCUT2D eigenvalue weighted by Crippen LogP contribution is 2.33. The standard InChI is InChI=1S/C26H27N3O5S/c1-34-24-15-6-5-14-23(24)29(18-19-9-3-2-4-10-19)35(32,33)21-12-7-11-20(17-21)25(30)28-22-13-8-16-27-26(22)31/h2-7,9-12,14-15,17,22H,8,13,16,18H2,1H3,(H,27,31)(H,28,30). The van der Waals surface area contributed by atoms with Crippen molar-refractivity contribution < 1.29 is 22.7 Å². The topological polar surface area (TPSA) is 105 Å². The maximum atomic E-state index is 13.9. The molecule has 1 aliphatic heterocycles. The molecular formula is C26H27N3O5S. The van der Waals surface area contributed by atoms with E-state index in [1.54, 1.807) is 24.3 Å². The monoisotopic (exact) mass is 493 g/mol. The van der Waals surface area contributed by atoms with Gasteiger partial charge in [0.15, 0.2) is 0 Å². The number of piperidine rings is 1. The van der Waals surface area contributed by atoms with E-state index in [9.17, 15) is 18.0 Å². The zero-order valence-corrected chi connectivity index (χ0v) is 20.1. The Labute approximate surface area is 205 Å². The Morgan fingerprint density at radius 1 is 1.06 bits per heavy atom. The Morgan fingerprint density at radius 3 is 2.54 bits per heavy atom. The van der Waals surface area contributed by atoms with E-state index in [0.29, 0.717) is 24.4 Å². The quantitative estimate of drug-likeness (QED) is 0.502. The van der Waals surface area contributed by atoms with E-state index in [1.807, 2.05) is 30.3 Å². The summed E-state index contributed by atoms with van der Waals surface area (Å²) in [6.07, 6.45) is 1.30. The number of carbonyl (C=O) groups is 2. The highest BCUT2D eigenvalue weighted by Gasteiger charge is 2.29. The maximum Gasteiger partial charge on any atom is 0.264 e. The van der Waals surface area contributed by atoms with Gasteiger partial charge >= 0.3 is 0 Å². The molecule has 1 fully saturated rings. The molecule has 8 nitrogen and oxygen atoms in total. The number of methoxy groups -OCH3 is 1. The van der Waals surface area contributed by atoms with Crippen LogP contribution >= 0.6 is 0 Å². The SMILES string of the molecule is COc1ccccc1N(Cc1ccccc1)S(=O)(=O)c1cccc(C(=O)NC2CCCNC2=O)c1. The van der Waals surface area contributed by atoms with E-state index in [0.717, 1.165) is 12.0 Å². The van der Waals surface area contributed by atoms with Gasteiger partial charge in [0.2, 0.25) is 5.91 Å². The van der Waals surface area contributed by atoms with Crippen LogP contribution < -0.4 is 19.7 Å². The lowest BCUT2D eigenvalue weighted by Gasteiger charge is -2.26. The number of rotatable bonds is 8. The van der Waals surface area contributed by atoms with Gasteiger partial charge in [-0.2, -0.15) is 0 Å². The van der Waals surface area contributed by atoms with Crippen molar-refractivity contribution in [2.45, 2.75) is 30.3 Å². The fraction of sp³-hybridized carbons (Fsp3) is 0.231. The molecule has 1 saturated heterocycles. The van der Waals surface area contributed by atoms with Crippen LogP contribution in [0.1, 0.15) is 28.8 Å². The van der Waals surface area contributed by atoms with Crippen molar-refractivity contribution in [3.63, 3.8) is 0 Å². The Kier molecular flexibility index (Phi) is 7.36. The maximum absolute atomic E-state index is 13.9. The van der Waals surface area contributed by atoms with E-state index in [-0.39, 0.29) is 22.9 Å². The number of para-hydroxylation sites is 2. The zero-order valence-electron chi connectivity index (χ0n) is 19.3. The van der Waals surface area contributed by atoms with Gasteiger partial charge in [0.25, 0.3) is 15.9 Å². The second-order valence-electron chi connectivity index (χ2n) is 8.16. The lowest BCUT2D eigenvalue weighted by Crippen LogP contribution is -2.50. The van der Waals surface area contributed by atoms with Gasteiger partial charge in [0.05, 0.1) is 24.2 Å². The van der Waals surface area contributed by atoms with Gasteiger partial charge in [-0.15, -0.1) is 0 Å². The Hall–Kier alpha value is -3.85. The lowest BCUT2D eigenvalue weighted by atomic mass is 10.1. The third kappa shape index (κ3) is 5.46. The van der Waals surface area contributed by atoms with Gasteiger partial charge in [-0.3, -0.25) is 13.9 Å². The molecule has 0 radical (unpaired) electrons. The first-order chi connectivity index (χ1) is 16.9. The van der Waals surface area contributed by atoms with Crippen LogP contribution in [-0.2, 0) is 21.4 Å². The number of anilines is 1. The predicted octanol–water partition coefficient (Wildman–Crippen LogP) is 3.10. The minimum atomic E-state index is -4.09. The third-order valence-corrected chi connectivity index (χ3v) is 7.55. The van der Waals surface area contributed by atoms with Crippen LogP contribution in [-0.4, -0.2) is 39.9 Å². The van der Waals surface area contributed by atoms with E-state index in [2.05, 4.69) is 10.6 Å². The summed E-state index contributed by atoms with van der Waals surface area (Å²) < 4.78 is 34.5. The van der Waals surface area contributed by atoms with Crippen LogP contribution in [0.15, 0.2) is 83.8 Å². The fourth-order valence-electron chi connectivity index (χ4n) is 3.96. The molecule has 1 heterocycles. The molecule has 35 heavy (non-hydrogen) atoms. The average Bonchev–Trinajstić information content (AvgIpc) is 2.89. The first-order valence-corrected chi connectivity index (χ1v) is 12.7. The van der Waals surface area contributed by atoms with Gasteiger partial charge < -0.3 is 15.4 Å². The van der Waals surface area contributed by atoms with Gasteiger partial charge in [0, 0.05) is 12.1 Å². The Bertz CT molecular complexity index is 1310. The summed E-state index contributed by atoms with van der Waals surface area (Å²) >= 11 is 0. The second kappa shape index (κ2) is 10.6. The molecule has 3 aromatic carbocycles. The van der Waals surface area contributed by atoms with E-state index < -0.39 is 22.0 Å². The van der Waals surface area contributed by atoms with Crippen molar-refractivity contribution >= 4 is 27.5 Å². The summed E-state index contributed by atoms with van der Waals surface area (Å²) in [6, 6.07) is 21.3. The molecule has 0 bridgehead atoms. The van der Waals surface area contributed by atoms with E-state index in [4.69, 9.17) is 4.74 Å². The molecule has 1 aliphatic rings. The van der Waals surface area contributed by atoms with Crippen molar-refractivity contribution in [3.05, 3.63) is 90.0 Å². The van der Waals surface area contributed by atoms with Crippen LogP contribution in [0.25, 0.3) is 0 Å². The number of carbonyl (C=O) groups excluding carboxylic acids is 2. The van der Waals surface area contributed by atoms with Crippen LogP contribution in [0.4, 0.5) is 5.69 Å². The van der Waals surface area contributed by atoms with Crippen molar-refractivity contribution in [1.29, 1.82) is 0 Å². The van der Waals surface area contributed by atoms with Gasteiger partial charge in [-0.05, 0) is 48.7 Å². The number of ether oxygens (including phenoxy) is 1. The number of hydrogen-bond donors (Lipinski definition) is 2. The van der Waals surface area contributed by atoms with Gasteiger partial charge in [-0.1, -0.05) is 48.5 Å². The van der Waals surface area contributed by atoms with Crippen LogP contribution in [0, 0.1) is 0 Å². The van der Waals surface area contributed by atoms with Crippen LogP contribution in [0.3, 0.4) is 0 Å². The largest absolute Gasteiger partial charge is 0.495 e. The molecule has 182 valence electrons. The molecule has 9 heteroatoms. The molecule has 0 aliphatic carbocycles. The molecule has 1 atom stereocenters. The minimum absolute atomic E-state index is 0.0416. The molecule has 3 aromatic rings. The first-order valence-electron chi connectivity index (χ1n) is 11.3. The molecule has 4 rings (SSSR count). The van der Waals surface area contributed by atoms with Crippen molar-refractivity contribution in [2.75, 3.05) is 18.0 Å². The molecule has 0 aromatic heterocycles. The molecule has 2 N–H and O–H groups in total. The van der Waals surface area contributed by atoms with Crippen LogP contribution in [0.5, 0.6) is 5.75 Å². The molecular weight excluding hydrogens is 466 g/mol. The summed E-state index contributed by atoms with van der Waals surface area (Å²) in [5.74, 6) is -0.334. The number of nitrogens with one attached hydrogen (secondary N) is 2. The number of sulfonamides is 1. The second-order valence-corrected chi connectivity index (χ2v) is 10.0. The molecule has 0 spiro atoms. The average molecular weight is 494 g/mol. The first kappa shape index (κ1) is 24.3. The smallest absolute Gasteiger partial charge is 0.264 e. The third-order valence-electron chi connectivity index (χ3n) is 5.80. The summed E-state index contributed by atoms with van der Waals surface area (Å²) in [7, 11) is -2.61. The highest BCUT2D eigenvalue weighted by atomic mass is 32.2.